The van der Waals surface area contributed by atoms with Gasteiger partial charge in [-0.15, -0.1) is 0 Å². The molecule has 0 aliphatic carbocycles. The van der Waals surface area contributed by atoms with E-state index in [1.165, 1.54) is 25.7 Å². The minimum Gasteiger partial charge on any atom is -0.326 e. The van der Waals surface area contributed by atoms with E-state index in [0.717, 1.165) is 30.0 Å². The van der Waals surface area contributed by atoms with Crippen LogP contribution in [-0.2, 0) is 4.79 Å². The lowest BCUT2D eigenvalue weighted by molar-refractivity contribution is -0.116. The van der Waals surface area contributed by atoms with Crippen LogP contribution in [-0.4, -0.2) is 15.5 Å². The van der Waals surface area contributed by atoms with E-state index in [2.05, 4.69) is 12.2 Å². The zero-order valence-electron chi connectivity index (χ0n) is 15.6. The van der Waals surface area contributed by atoms with Gasteiger partial charge in [-0.05, 0) is 30.7 Å². The Morgan fingerprint density at radius 1 is 1.04 bits per heavy atom. The first-order valence-electron chi connectivity index (χ1n) is 9.43. The molecule has 0 aliphatic heterocycles. The maximum atomic E-state index is 13.4. The first-order chi connectivity index (χ1) is 13.0. The van der Waals surface area contributed by atoms with Crippen molar-refractivity contribution >= 4 is 11.6 Å². The lowest BCUT2D eigenvalue weighted by Gasteiger charge is -2.08. The van der Waals surface area contributed by atoms with E-state index in [4.69, 9.17) is 0 Å². The molecule has 0 bridgehead atoms. The second-order valence-corrected chi connectivity index (χ2v) is 6.57. The number of carbonyl (C=O) groups excluding carboxylic acids is 1. The molecule has 0 atom stereocenters. The van der Waals surface area contributed by atoms with Crippen molar-refractivity contribution in [3.05, 3.63) is 57.1 Å². The van der Waals surface area contributed by atoms with E-state index in [1.807, 2.05) is 4.98 Å². The largest absolute Gasteiger partial charge is 0.333 e. The van der Waals surface area contributed by atoms with Gasteiger partial charge in [-0.2, -0.15) is 4.39 Å². The van der Waals surface area contributed by atoms with Gasteiger partial charge in [0.05, 0.1) is 11.9 Å². The Balaban J connectivity index is 1.83. The minimum absolute atomic E-state index is 0.0523. The van der Waals surface area contributed by atoms with Crippen LogP contribution < -0.4 is 16.6 Å². The van der Waals surface area contributed by atoms with Crippen LogP contribution in [0.2, 0.25) is 0 Å². The van der Waals surface area contributed by atoms with Crippen molar-refractivity contribution in [2.45, 2.75) is 58.3 Å². The summed E-state index contributed by atoms with van der Waals surface area (Å²) in [4.78, 5) is 36.7. The van der Waals surface area contributed by atoms with Gasteiger partial charge in [-0.3, -0.25) is 19.1 Å². The van der Waals surface area contributed by atoms with Gasteiger partial charge in [0.25, 0.3) is 5.56 Å². The van der Waals surface area contributed by atoms with Crippen LogP contribution in [0.25, 0.3) is 5.69 Å². The van der Waals surface area contributed by atoms with Gasteiger partial charge in [0.1, 0.15) is 0 Å². The third-order valence-electron chi connectivity index (χ3n) is 4.34. The normalized spacial score (nSPS) is 10.7. The Bertz CT molecular complexity index is 856. The van der Waals surface area contributed by atoms with Gasteiger partial charge < -0.3 is 5.32 Å². The second-order valence-electron chi connectivity index (χ2n) is 6.57. The molecule has 0 unspecified atom stereocenters. The zero-order chi connectivity index (χ0) is 19.6. The molecule has 2 N–H and O–H groups in total. The van der Waals surface area contributed by atoms with Gasteiger partial charge in [0.15, 0.2) is 0 Å². The highest BCUT2D eigenvalue weighted by molar-refractivity contribution is 5.90. The van der Waals surface area contributed by atoms with Gasteiger partial charge in [0.2, 0.25) is 11.7 Å². The zero-order valence-corrected chi connectivity index (χ0v) is 15.6. The highest BCUT2D eigenvalue weighted by Crippen LogP contribution is 2.13. The summed E-state index contributed by atoms with van der Waals surface area (Å²) in [7, 11) is 0. The highest BCUT2D eigenvalue weighted by Gasteiger charge is 2.07. The topological polar surface area (TPSA) is 84.0 Å². The minimum atomic E-state index is -1.05. The number of carbonyl (C=O) groups is 1. The average molecular weight is 375 g/mol. The van der Waals surface area contributed by atoms with Crippen molar-refractivity contribution in [3.8, 4) is 5.69 Å². The summed E-state index contributed by atoms with van der Waals surface area (Å²) < 4.78 is 14.4. The molecule has 0 aliphatic rings. The summed E-state index contributed by atoms with van der Waals surface area (Å²) in [5.41, 5.74) is -0.785. The Morgan fingerprint density at radius 2 is 1.67 bits per heavy atom. The van der Waals surface area contributed by atoms with Crippen LogP contribution in [0.15, 0.2) is 40.1 Å². The van der Waals surface area contributed by atoms with Crippen molar-refractivity contribution in [3.63, 3.8) is 0 Å². The first-order valence-corrected chi connectivity index (χ1v) is 9.43. The molecule has 2 rings (SSSR count). The van der Waals surface area contributed by atoms with Crippen LogP contribution in [0.1, 0.15) is 58.3 Å². The summed E-state index contributed by atoms with van der Waals surface area (Å²) in [5.74, 6) is -1.09. The van der Waals surface area contributed by atoms with Crippen LogP contribution in [0.3, 0.4) is 0 Å². The molecule has 0 spiro atoms. The number of anilines is 1. The molecule has 7 heteroatoms. The van der Waals surface area contributed by atoms with Crippen LogP contribution in [0.4, 0.5) is 10.1 Å². The third-order valence-corrected chi connectivity index (χ3v) is 4.34. The van der Waals surface area contributed by atoms with Crippen LogP contribution in [0.5, 0.6) is 0 Å². The molecule has 1 aromatic carbocycles. The molecule has 1 amide bonds. The molecule has 0 saturated heterocycles. The molecular weight excluding hydrogens is 349 g/mol. The Labute approximate surface area is 157 Å². The number of aromatic amines is 1. The number of hydrogen-bond donors (Lipinski definition) is 2. The highest BCUT2D eigenvalue weighted by atomic mass is 19.1. The first kappa shape index (κ1) is 20.6. The lowest BCUT2D eigenvalue weighted by Crippen LogP contribution is -2.30. The standard InChI is InChI=1S/C20H26FN3O3/c1-2-3-4-5-6-7-8-9-18(25)22-15-10-12-16(13-11-15)24-14-17(21)19(26)23-20(24)27/h10-14H,2-9H2,1H3,(H,22,25)(H,23,26,27). The van der Waals surface area contributed by atoms with Crippen molar-refractivity contribution in [1.82, 2.24) is 9.55 Å². The fraction of sp³-hybridized carbons (Fsp3) is 0.450. The third kappa shape index (κ3) is 6.51. The maximum absolute atomic E-state index is 13.4. The molecule has 0 radical (unpaired) electrons. The van der Waals surface area contributed by atoms with Crippen LogP contribution >= 0.6 is 0 Å². The molecule has 0 saturated carbocycles. The van der Waals surface area contributed by atoms with E-state index in [-0.39, 0.29) is 5.91 Å². The number of H-pyrrole nitrogens is 1. The summed E-state index contributed by atoms with van der Waals surface area (Å²) in [5, 5.41) is 2.81. The number of rotatable bonds is 10. The Morgan fingerprint density at radius 3 is 2.33 bits per heavy atom. The van der Waals surface area contributed by atoms with Gasteiger partial charge in [-0.1, -0.05) is 45.4 Å². The number of nitrogens with zero attached hydrogens (tertiary/aromatic N) is 1. The summed E-state index contributed by atoms with van der Waals surface area (Å²) in [6.45, 7) is 2.19. The van der Waals surface area contributed by atoms with Crippen molar-refractivity contribution in [2.75, 3.05) is 5.32 Å². The van der Waals surface area contributed by atoms with Gasteiger partial charge in [0, 0.05) is 12.1 Å². The fourth-order valence-electron chi connectivity index (χ4n) is 2.81. The van der Waals surface area contributed by atoms with E-state index in [1.54, 1.807) is 24.3 Å². The summed E-state index contributed by atoms with van der Waals surface area (Å²) in [6, 6.07) is 6.41. The molecule has 6 nitrogen and oxygen atoms in total. The number of aromatic nitrogens is 2. The maximum Gasteiger partial charge on any atom is 0.333 e. The summed E-state index contributed by atoms with van der Waals surface area (Å²) in [6.07, 6.45) is 9.38. The lowest BCUT2D eigenvalue weighted by atomic mass is 10.1. The van der Waals surface area contributed by atoms with E-state index in [9.17, 15) is 18.8 Å². The molecule has 1 aromatic heterocycles. The number of halogens is 1. The van der Waals surface area contributed by atoms with Crippen LogP contribution in [0, 0.1) is 5.82 Å². The van der Waals surface area contributed by atoms with E-state index in [0.29, 0.717) is 17.8 Å². The Hall–Kier alpha value is -2.70. The average Bonchev–Trinajstić information content (AvgIpc) is 2.65. The molecule has 1 heterocycles. The fourth-order valence-corrected chi connectivity index (χ4v) is 2.81. The monoisotopic (exact) mass is 375 g/mol. The molecule has 27 heavy (non-hydrogen) atoms. The molecular formula is C20H26FN3O3. The number of unbranched alkanes of at least 4 members (excludes halogenated alkanes) is 6. The predicted molar refractivity (Wildman–Crippen MR) is 104 cm³/mol. The Kier molecular flexibility index (Phi) is 7.98. The SMILES string of the molecule is CCCCCCCCCC(=O)Nc1ccc(-n2cc(F)c(=O)[nH]c2=O)cc1. The van der Waals surface area contributed by atoms with E-state index < -0.39 is 17.1 Å². The van der Waals surface area contributed by atoms with Crippen molar-refractivity contribution in [1.29, 1.82) is 0 Å². The molecule has 0 fully saturated rings. The number of benzene rings is 1. The smallest absolute Gasteiger partial charge is 0.326 e. The van der Waals surface area contributed by atoms with Gasteiger partial charge in [-0.25, -0.2) is 4.79 Å². The predicted octanol–water partition coefficient (Wildman–Crippen LogP) is 3.74. The second kappa shape index (κ2) is 10.4. The van der Waals surface area contributed by atoms with Crippen molar-refractivity contribution < 1.29 is 9.18 Å². The molecule has 2 aromatic rings. The van der Waals surface area contributed by atoms with E-state index >= 15 is 0 Å². The van der Waals surface area contributed by atoms with Crippen molar-refractivity contribution in [2.24, 2.45) is 0 Å². The quantitative estimate of drug-likeness (QED) is 0.621. The summed E-state index contributed by atoms with van der Waals surface area (Å²) >= 11 is 0. The van der Waals surface area contributed by atoms with Gasteiger partial charge >= 0.3 is 5.69 Å². The number of nitrogens with one attached hydrogen (secondary N) is 2. The molecule has 146 valence electrons. The number of hydrogen-bond acceptors (Lipinski definition) is 3. The number of amides is 1.